The number of carbonyl (C=O) groups is 1. The Balaban J connectivity index is 1.82. The van der Waals surface area contributed by atoms with Crippen LogP contribution in [0.2, 0.25) is 0 Å². The molecule has 0 spiro atoms. The summed E-state index contributed by atoms with van der Waals surface area (Å²) in [5.41, 5.74) is 1.42. The molecule has 0 fully saturated rings. The van der Waals surface area contributed by atoms with Crippen molar-refractivity contribution >= 4 is 21.6 Å². The predicted octanol–water partition coefficient (Wildman–Crippen LogP) is 4.38. The number of benzene rings is 3. The molecule has 0 aliphatic carbocycles. The van der Waals surface area contributed by atoms with Gasteiger partial charge in [-0.2, -0.15) is 0 Å². The van der Waals surface area contributed by atoms with Crippen molar-refractivity contribution in [2.45, 2.75) is 24.3 Å². The number of anilines is 1. The third-order valence-electron chi connectivity index (χ3n) is 4.70. The fourth-order valence-corrected chi connectivity index (χ4v) is 4.17. The normalized spacial score (nSPS) is 12.1. The van der Waals surface area contributed by atoms with Gasteiger partial charge in [-0.1, -0.05) is 49.4 Å². The Hall–Kier alpha value is -3.32. The number of sulfonamides is 1. The first-order valence-electron chi connectivity index (χ1n) is 9.56. The van der Waals surface area contributed by atoms with Gasteiger partial charge in [-0.25, -0.2) is 8.42 Å². The molecule has 1 amide bonds. The van der Waals surface area contributed by atoms with E-state index < -0.39 is 10.0 Å². The van der Waals surface area contributed by atoms with Crippen LogP contribution >= 0.6 is 0 Å². The Bertz CT molecular complexity index is 1100. The second kappa shape index (κ2) is 9.45. The van der Waals surface area contributed by atoms with E-state index >= 15 is 0 Å². The first kappa shape index (κ1) is 21.4. The molecule has 2 N–H and O–H groups in total. The van der Waals surface area contributed by atoms with Crippen LogP contribution in [0.1, 0.15) is 35.3 Å². The van der Waals surface area contributed by atoms with E-state index in [1.807, 2.05) is 31.2 Å². The van der Waals surface area contributed by atoms with Crippen molar-refractivity contribution in [1.29, 1.82) is 0 Å². The molecule has 3 rings (SSSR count). The van der Waals surface area contributed by atoms with E-state index in [1.165, 1.54) is 12.1 Å². The summed E-state index contributed by atoms with van der Waals surface area (Å²) >= 11 is 0. The summed E-state index contributed by atoms with van der Waals surface area (Å²) in [7, 11) is -2.21. The van der Waals surface area contributed by atoms with Crippen LogP contribution in [0.15, 0.2) is 83.8 Å². The van der Waals surface area contributed by atoms with Crippen LogP contribution in [0.3, 0.4) is 0 Å². The van der Waals surface area contributed by atoms with Gasteiger partial charge in [0.15, 0.2) is 0 Å². The van der Waals surface area contributed by atoms with Gasteiger partial charge >= 0.3 is 0 Å². The van der Waals surface area contributed by atoms with Gasteiger partial charge in [0, 0.05) is 0 Å². The minimum atomic E-state index is -3.81. The first-order chi connectivity index (χ1) is 14.4. The van der Waals surface area contributed by atoms with Crippen molar-refractivity contribution in [3.8, 4) is 5.75 Å². The summed E-state index contributed by atoms with van der Waals surface area (Å²) in [5, 5.41) is 2.99. The predicted molar refractivity (Wildman–Crippen MR) is 117 cm³/mol. The number of nitrogens with one attached hydrogen (secondary N) is 2. The fourth-order valence-electron chi connectivity index (χ4n) is 3.07. The number of para-hydroxylation sites is 1. The van der Waals surface area contributed by atoms with Crippen molar-refractivity contribution < 1.29 is 17.9 Å². The molecular weight excluding hydrogens is 400 g/mol. The zero-order chi connectivity index (χ0) is 21.6. The van der Waals surface area contributed by atoms with Crippen molar-refractivity contribution in [2.75, 3.05) is 11.8 Å². The van der Waals surface area contributed by atoms with Gasteiger partial charge in [0.25, 0.3) is 15.9 Å². The van der Waals surface area contributed by atoms with Crippen molar-refractivity contribution in [3.63, 3.8) is 0 Å². The molecule has 0 aliphatic heterocycles. The third kappa shape index (κ3) is 4.99. The van der Waals surface area contributed by atoms with Crippen LogP contribution in [-0.2, 0) is 10.0 Å². The minimum absolute atomic E-state index is 0.130. The lowest BCUT2D eigenvalue weighted by Crippen LogP contribution is -2.29. The first-order valence-corrected chi connectivity index (χ1v) is 11.0. The molecule has 30 heavy (non-hydrogen) atoms. The van der Waals surface area contributed by atoms with Gasteiger partial charge in [-0.3, -0.25) is 9.52 Å². The highest BCUT2D eigenvalue weighted by molar-refractivity contribution is 7.92. The maximum absolute atomic E-state index is 13.0. The van der Waals surface area contributed by atoms with Crippen LogP contribution in [0, 0.1) is 0 Å². The number of carbonyl (C=O) groups excluding carboxylic acids is 1. The maximum Gasteiger partial charge on any atom is 0.261 e. The maximum atomic E-state index is 13.0. The Labute approximate surface area is 177 Å². The average Bonchev–Trinajstić information content (AvgIpc) is 2.78. The molecule has 1 atom stereocenters. The van der Waals surface area contributed by atoms with Crippen molar-refractivity contribution in [1.82, 2.24) is 5.32 Å². The molecule has 0 saturated heterocycles. The summed E-state index contributed by atoms with van der Waals surface area (Å²) in [5.74, 6) is 0.379. The summed E-state index contributed by atoms with van der Waals surface area (Å²) in [4.78, 5) is 13.1. The van der Waals surface area contributed by atoms with Gasteiger partial charge in [-0.15, -0.1) is 0 Å². The molecule has 0 bridgehead atoms. The van der Waals surface area contributed by atoms with E-state index in [2.05, 4.69) is 10.0 Å². The van der Waals surface area contributed by atoms with E-state index in [0.717, 1.165) is 11.3 Å². The monoisotopic (exact) mass is 424 g/mol. The molecule has 7 heteroatoms. The van der Waals surface area contributed by atoms with Crippen LogP contribution in [0.25, 0.3) is 0 Å². The molecular formula is C23H24N2O4S. The molecule has 1 unspecified atom stereocenters. The van der Waals surface area contributed by atoms with E-state index in [1.54, 1.807) is 49.6 Å². The van der Waals surface area contributed by atoms with Gasteiger partial charge < -0.3 is 10.1 Å². The third-order valence-corrected chi connectivity index (χ3v) is 6.08. The largest absolute Gasteiger partial charge is 0.497 e. The molecule has 6 nitrogen and oxygen atoms in total. The quantitative estimate of drug-likeness (QED) is 0.562. The van der Waals surface area contributed by atoms with Gasteiger partial charge in [0.1, 0.15) is 5.75 Å². The SMILES string of the molecule is CCC(NC(=O)c1ccccc1NS(=O)(=O)c1ccccc1)c1ccc(OC)cc1. The molecule has 0 aliphatic rings. The topological polar surface area (TPSA) is 84.5 Å². The van der Waals surface area contributed by atoms with Gasteiger partial charge in [-0.05, 0) is 48.4 Å². The number of ether oxygens (including phenoxy) is 1. The number of amides is 1. The lowest BCUT2D eigenvalue weighted by Gasteiger charge is -2.19. The van der Waals surface area contributed by atoms with E-state index in [-0.39, 0.29) is 28.1 Å². The van der Waals surface area contributed by atoms with Gasteiger partial charge in [0.2, 0.25) is 0 Å². The highest BCUT2D eigenvalue weighted by atomic mass is 32.2. The minimum Gasteiger partial charge on any atom is -0.497 e. The van der Waals surface area contributed by atoms with E-state index in [9.17, 15) is 13.2 Å². The molecule has 0 radical (unpaired) electrons. The molecule has 0 heterocycles. The van der Waals surface area contributed by atoms with Crippen molar-refractivity contribution in [3.05, 3.63) is 90.0 Å². The van der Waals surface area contributed by atoms with Crippen molar-refractivity contribution in [2.24, 2.45) is 0 Å². The number of methoxy groups -OCH3 is 1. The highest BCUT2D eigenvalue weighted by Crippen LogP contribution is 2.23. The van der Waals surface area contributed by atoms with Crippen LogP contribution in [0.5, 0.6) is 5.75 Å². The van der Waals surface area contributed by atoms with Gasteiger partial charge in [0.05, 0.1) is 29.3 Å². The number of hydrogen-bond acceptors (Lipinski definition) is 4. The average molecular weight is 425 g/mol. The molecule has 3 aromatic carbocycles. The summed E-state index contributed by atoms with van der Waals surface area (Å²) < 4.78 is 33.1. The van der Waals surface area contributed by atoms with Crippen LogP contribution in [0.4, 0.5) is 5.69 Å². The lowest BCUT2D eigenvalue weighted by atomic mass is 10.0. The zero-order valence-corrected chi connectivity index (χ0v) is 17.6. The zero-order valence-electron chi connectivity index (χ0n) is 16.8. The summed E-state index contributed by atoms with van der Waals surface area (Å²) in [6.45, 7) is 1.97. The molecule has 3 aromatic rings. The summed E-state index contributed by atoms with van der Waals surface area (Å²) in [6, 6.07) is 21.8. The molecule has 0 saturated carbocycles. The van der Waals surface area contributed by atoms with E-state index in [0.29, 0.717) is 6.42 Å². The standard InChI is InChI=1S/C23H24N2O4S/c1-3-21(17-13-15-18(29-2)16-14-17)24-23(26)20-11-7-8-12-22(20)25-30(27,28)19-9-5-4-6-10-19/h4-16,21,25H,3H2,1-2H3,(H,24,26). The second-order valence-corrected chi connectivity index (χ2v) is 8.35. The molecule has 156 valence electrons. The van der Waals surface area contributed by atoms with E-state index in [4.69, 9.17) is 4.74 Å². The Morgan fingerprint density at radius 2 is 1.57 bits per heavy atom. The Morgan fingerprint density at radius 3 is 2.20 bits per heavy atom. The Kier molecular flexibility index (Phi) is 6.74. The molecule has 0 aromatic heterocycles. The number of rotatable bonds is 8. The smallest absolute Gasteiger partial charge is 0.261 e. The fraction of sp³-hybridized carbons (Fsp3) is 0.174. The second-order valence-electron chi connectivity index (χ2n) is 6.67. The Morgan fingerprint density at radius 1 is 0.933 bits per heavy atom. The van der Waals surface area contributed by atoms with Crippen LogP contribution < -0.4 is 14.8 Å². The lowest BCUT2D eigenvalue weighted by molar-refractivity contribution is 0.0936. The number of hydrogen-bond donors (Lipinski definition) is 2. The summed E-state index contributed by atoms with van der Waals surface area (Å²) in [6.07, 6.45) is 0.677. The highest BCUT2D eigenvalue weighted by Gasteiger charge is 2.20. The van der Waals surface area contributed by atoms with Crippen LogP contribution in [-0.4, -0.2) is 21.4 Å².